The maximum atomic E-state index is 11.3. The number of hydrogen-bond donors (Lipinski definition) is 0. The Bertz CT molecular complexity index is 357. The minimum atomic E-state index is -0.511. The molecule has 0 aromatic heterocycles. The Balaban J connectivity index is 2.67. The van der Waals surface area contributed by atoms with E-state index in [0.29, 0.717) is 6.61 Å². The topological polar surface area (TPSA) is 65.0 Å². The molecule has 0 saturated heterocycles. The third-order valence-electron chi connectivity index (χ3n) is 2.11. The summed E-state index contributed by atoms with van der Waals surface area (Å²) >= 11 is 0. The number of ketones is 1. The second-order valence-corrected chi connectivity index (χ2v) is 3.59. The first-order chi connectivity index (χ1) is 7.54. The SMILES string of the molecule is CCOC(=O)C1=NOC(CC(C)=O)C(C)=C1. The van der Waals surface area contributed by atoms with E-state index in [0.717, 1.165) is 5.57 Å². The van der Waals surface area contributed by atoms with Crippen LogP contribution in [-0.2, 0) is 19.2 Å². The summed E-state index contributed by atoms with van der Waals surface area (Å²) in [6, 6.07) is 0. The summed E-state index contributed by atoms with van der Waals surface area (Å²) in [5.74, 6) is -0.490. The van der Waals surface area contributed by atoms with Crippen LogP contribution in [-0.4, -0.2) is 30.2 Å². The van der Waals surface area contributed by atoms with Gasteiger partial charge in [-0.05, 0) is 32.4 Å². The van der Waals surface area contributed by atoms with E-state index in [4.69, 9.17) is 9.57 Å². The third-order valence-corrected chi connectivity index (χ3v) is 2.11. The Kier molecular flexibility index (Phi) is 4.22. The highest BCUT2D eigenvalue weighted by Crippen LogP contribution is 2.16. The van der Waals surface area contributed by atoms with Crippen molar-refractivity contribution in [3.63, 3.8) is 0 Å². The van der Waals surface area contributed by atoms with Crippen molar-refractivity contribution < 1.29 is 19.2 Å². The first kappa shape index (κ1) is 12.4. The molecule has 1 heterocycles. The molecule has 1 rings (SSSR count). The molecule has 0 spiro atoms. The molecule has 1 aliphatic rings. The van der Waals surface area contributed by atoms with Gasteiger partial charge in [-0.2, -0.15) is 0 Å². The first-order valence-corrected chi connectivity index (χ1v) is 5.13. The van der Waals surface area contributed by atoms with Crippen LogP contribution in [0.4, 0.5) is 0 Å². The number of esters is 1. The van der Waals surface area contributed by atoms with E-state index in [2.05, 4.69) is 5.16 Å². The molecule has 0 N–H and O–H groups in total. The maximum absolute atomic E-state index is 11.3. The molecule has 0 aliphatic carbocycles. The average Bonchev–Trinajstić information content (AvgIpc) is 2.20. The standard InChI is InChI=1S/C11H15NO4/c1-4-15-11(14)9-5-7(2)10(16-12-9)6-8(3)13/h5,10H,4,6H2,1-3H3. The molecule has 0 aromatic rings. The van der Waals surface area contributed by atoms with E-state index in [1.165, 1.54) is 6.92 Å². The number of oxime groups is 1. The van der Waals surface area contributed by atoms with E-state index in [1.54, 1.807) is 19.9 Å². The van der Waals surface area contributed by atoms with E-state index >= 15 is 0 Å². The predicted octanol–water partition coefficient (Wildman–Crippen LogP) is 1.23. The molecule has 88 valence electrons. The summed E-state index contributed by atoms with van der Waals surface area (Å²) in [6.07, 6.45) is 1.49. The van der Waals surface area contributed by atoms with Crippen LogP contribution < -0.4 is 0 Å². The van der Waals surface area contributed by atoms with Crippen LogP contribution in [0.1, 0.15) is 27.2 Å². The normalized spacial score (nSPS) is 19.3. The van der Waals surface area contributed by atoms with E-state index < -0.39 is 5.97 Å². The largest absolute Gasteiger partial charge is 0.461 e. The Morgan fingerprint density at radius 3 is 2.75 bits per heavy atom. The van der Waals surface area contributed by atoms with Gasteiger partial charge in [-0.3, -0.25) is 4.79 Å². The van der Waals surface area contributed by atoms with Crippen molar-refractivity contribution in [1.82, 2.24) is 0 Å². The van der Waals surface area contributed by atoms with E-state index in [-0.39, 0.29) is 24.0 Å². The van der Waals surface area contributed by atoms with Gasteiger partial charge in [0, 0.05) is 6.42 Å². The number of nitrogens with zero attached hydrogens (tertiary/aromatic N) is 1. The molecule has 1 atom stereocenters. The Hall–Kier alpha value is -1.65. The van der Waals surface area contributed by atoms with Gasteiger partial charge in [-0.1, -0.05) is 5.16 Å². The minimum absolute atomic E-state index is 0.0209. The third kappa shape index (κ3) is 3.18. The fourth-order valence-electron chi connectivity index (χ4n) is 1.30. The maximum Gasteiger partial charge on any atom is 0.360 e. The molecule has 0 fully saturated rings. The van der Waals surface area contributed by atoms with Gasteiger partial charge in [0.2, 0.25) is 0 Å². The highest BCUT2D eigenvalue weighted by atomic mass is 16.6. The smallest absolute Gasteiger partial charge is 0.360 e. The molecule has 5 heteroatoms. The van der Waals surface area contributed by atoms with Crippen LogP contribution in [0, 0.1) is 0 Å². The van der Waals surface area contributed by atoms with Gasteiger partial charge >= 0.3 is 5.97 Å². The molecular formula is C11H15NO4. The fourth-order valence-corrected chi connectivity index (χ4v) is 1.30. The molecule has 1 unspecified atom stereocenters. The van der Waals surface area contributed by atoms with Crippen molar-refractivity contribution in [2.24, 2.45) is 5.16 Å². The lowest BCUT2D eigenvalue weighted by molar-refractivity contribution is -0.135. The molecule has 0 saturated carbocycles. The summed E-state index contributed by atoms with van der Waals surface area (Å²) in [5.41, 5.74) is 0.937. The lowest BCUT2D eigenvalue weighted by atomic mass is 10.0. The lowest BCUT2D eigenvalue weighted by Gasteiger charge is -2.18. The number of carbonyl (C=O) groups excluding carboxylic acids is 2. The number of carbonyl (C=O) groups is 2. The zero-order valence-electron chi connectivity index (χ0n) is 9.65. The first-order valence-electron chi connectivity index (χ1n) is 5.13. The summed E-state index contributed by atoms with van der Waals surface area (Å²) in [4.78, 5) is 27.3. The number of ether oxygens (including phenoxy) is 1. The van der Waals surface area contributed by atoms with Crippen molar-refractivity contribution in [3.05, 3.63) is 11.6 Å². The van der Waals surface area contributed by atoms with Crippen molar-refractivity contribution >= 4 is 17.5 Å². The zero-order valence-corrected chi connectivity index (χ0v) is 9.65. The Labute approximate surface area is 94.1 Å². The van der Waals surface area contributed by atoms with Crippen LogP contribution >= 0.6 is 0 Å². The molecule has 16 heavy (non-hydrogen) atoms. The van der Waals surface area contributed by atoms with Crippen molar-refractivity contribution in [2.75, 3.05) is 6.61 Å². The summed E-state index contributed by atoms with van der Waals surface area (Å²) in [5, 5.41) is 3.65. The van der Waals surface area contributed by atoms with Crippen molar-refractivity contribution in [3.8, 4) is 0 Å². The van der Waals surface area contributed by atoms with Crippen LogP contribution in [0.25, 0.3) is 0 Å². The summed E-state index contributed by atoms with van der Waals surface area (Å²) < 4.78 is 4.78. The van der Waals surface area contributed by atoms with Crippen LogP contribution in [0.2, 0.25) is 0 Å². The van der Waals surface area contributed by atoms with Gasteiger partial charge in [0.1, 0.15) is 5.78 Å². The van der Waals surface area contributed by atoms with Gasteiger partial charge in [-0.15, -0.1) is 0 Å². The van der Waals surface area contributed by atoms with Gasteiger partial charge in [-0.25, -0.2) is 4.79 Å². The highest BCUT2D eigenvalue weighted by molar-refractivity contribution is 6.41. The van der Waals surface area contributed by atoms with E-state index in [9.17, 15) is 9.59 Å². The zero-order chi connectivity index (χ0) is 12.1. The second-order valence-electron chi connectivity index (χ2n) is 3.59. The molecular weight excluding hydrogens is 210 g/mol. The average molecular weight is 225 g/mol. The van der Waals surface area contributed by atoms with Gasteiger partial charge in [0.05, 0.1) is 6.61 Å². The summed E-state index contributed by atoms with van der Waals surface area (Å²) in [6.45, 7) is 5.29. The fraction of sp³-hybridized carbons (Fsp3) is 0.545. The van der Waals surface area contributed by atoms with Gasteiger partial charge in [0.15, 0.2) is 11.8 Å². The molecule has 0 aromatic carbocycles. The molecule has 0 radical (unpaired) electrons. The van der Waals surface area contributed by atoms with Gasteiger partial charge < -0.3 is 9.57 Å². The van der Waals surface area contributed by atoms with E-state index in [1.807, 2.05) is 0 Å². The monoisotopic (exact) mass is 225 g/mol. The second kappa shape index (κ2) is 5.44. The summed E-state index contributed by atoms with van der Waals surface area (Å²) in [7, 11) is 0. The van der Waals surface area contributed by atoms with Crippen LogP contribution in [0.3, 0.4) is 0 Å². The van der Waals surface area contributed by atoms with Crippen molar-refractivity contribution in [2.45, 2.75) is 33.3 Å². The Morgan fingerprint density at radius 2 is 2.25 bits per heavy atom. The molecule has 1 aliphatic heterocycles. The van der Waals surface area contributed by atoms with Crippen LogP contribution in [0.5, 0.6) is 0 Å². The molecule has 5 nitrogen and oxygen atoms in total. The van der Waals surface area contributed by atoms with Crippen LogP contribution in [0.15, 0.2) is 16.8 Å². The lowest BCUT2D eigenvalue weighted by Crippen LogP contribution is -2.25. The molecule has 0 bridgehead atoms. The number of Topliss-reactive ketones (excluding diaryl/α,β-unsaturated/α-hetero) is 1. The quantitative estimate of drug-likeness (QED) is 0.675. The Morgan fingerprint density at radius 1 is 1.56 bits per heavy atom. The molecule has 0 amide bonds. The minimum Gasteiger partial charge on any atom is -0.461 e. The highest BCUT2D eigenvalue weighted by Gasteiger charge is 2.23. The number of hydrogen-bond acceptors (Lipinski definition) is 5. The van der Waals surface area contributed by atoms with Gasteiger partial charge in [0.25, 0.3) is 0 Å². The predicted molar refractivity (Wildman–Crippen MR) is 58.0 cm³/mol. The van der Waals surface area contributed by atoms with Crippen molar-refractivity contribution in [1.29, 1.82) is 0 Å². The number of rotatable bonds is 4.